The smallest absolute Gasteiger partial charge is 0.258 e. The number of para-hydroxylation sites is 3. The molecule has 120 valence electrons. The van der Waals surface area contributed by atoms with Gasteiger partial charge in [0.1, 0.15) is 18.5 Å². The summed E-state index contributed by atoms with van der Waals surface area (Å²) in [6.45, 7) is 2.72. The number of nitrogens with one attached hydrogen (secondary N) is 1. The van der Waals surface area contributed by atoms with Crippen LogP contribution in [0.15, 0.2) is 48.5 Å². The summed E-state index contributed by atoms with van der Waals surface area (Å²) in [6.07, 6.45) is -0.202. The molecule has 1 amide bonds. The molecular formula is C18H19NO4. The number of amides is 1. The van der Waals surface area contributed by atoms with Gasteiger partial charge in [-0.2, -0.15) is 0 Å². The third-order valence-corrected chi connectivity index (χ3v) is 3.55. The molecule has 0 aromatic heterocycles. The second-order valence-electron chi connectivity index (χ2n) is 5.36. The van der Waals surface area contributed by atoms with Gasteiger partial charge in [0.2, 0.25) is 0 Å². The first-order chi connectivity index (χ1) is 11.2. The van der Waals surface area contributed by atoms with Crippen molar-refractivity contribution in [2.75, 3.05) is 19.8 Å². The lowest BCUT2D eigenvalue weighted by atomic mass is 10.2. The minimum atomic E-state index is -0.202. The van der Waals surface area contributed by atoms with Gasteiger partial charge in [-0.25, -0.2) is 0 Å². The average Bonchev–Trinajstić information content (AvgIpc) is 2.59. The molecule has 0 saturated carbocycles. The Kier molecular flexibility index (Phi) is 4.66. The first-order valence-corrected chi connectivity index (χ1v) is 7.56. The molecule has 0 aliphatic carbocycles. The van der Waals surface area contributed by atoms with Crippen molar-refractivity contribution in [3.63, 3.8) is 0 Å². The third-order valence-electron chi connectivity index (χ3n) is 3.55. The number of fused-ring (bicyclic) bond motifs is 1. The van der Waals surface area contributed by atoms with E-state index < -0.39 is 0 Å². The molecule has 0 bridgehead atoms. The van der Waals surface area contributed by atoms with Crippen LogP contribution in [0.25, 0.3) is 0 Å². The predicted molar refractivity (Wildman–Crippen MR) is 86.0 cm³/mol. The summed E-state index contributed by atoms with van der Waals surface area (Å²) in [7, 11) is 0. The summed E-state index contributed by atoms with van der Waals surface area (Å²) in [6, 6.07) is 15.1. The standard InChI is InChI=1S/C18H19NO4/c1-13-6-2-3-7-15(13)22-12-18(20)19-10-14-11-21-16-8-4-5-9-17(16)23-14/h2-9,14H,10-12H2,1H3,(H,19,20)/t14-/m1/s1. The lowest BCUT2D eigenvalue weighted by Gasteiger charge is -2.26. The molecule has 1 aliphatic rings. The number of carbonyl (C=O) groups is 1. The Labute approximate surface area is 135 Å². The maximum atomic E-state index is 11.9. The number of rotatable bonds is 5. The van der Waals surface area contributed by atoms with Gasteiger partial charge in [-0.3, -0.25) is 4.79 Å². The molecule has 0 fully saturated rings. The molecule has 1 aliphatic heterocycles. The Hall–Kier alpha value is -2.69. The van der Waals surface area contributed by atoms with E-state index in [1.54, 1.807) is 0 Å². The number of ether oxygens (including phenoxy) is 3. The Morgan fingerprint density at radius 2 is 1.91 bits per heavy atom. The average molecular weight is 313 g/mol. The van der Waals surface area contributed by atoms with Gasteiger partial charge in [0.15, 0.2) is 18.1 Å². The van der Waals surface area contributed by atoms with Crippen molar-refractivity contribution in [2.45, 2.75) is 13.0 Å². The maximum absolute atomic E-state index is 11.9. The number of carbonyl (C=O) groups excluding carboxylic acids is 1. The van der Waals surface area contributed by atoms with Gasteiger partial charge in [-0.05, 0) is 30.7 Å². The van der Waals surface area contributed by atoms with Crippen molar-refractivity contribution < 1.29 is 19.0 Å². The van der Waals surface area contributed by atoms with E-state index in [4.69, 9.17) is 14.2 Å². The normalized spacial score (nSPS) is 15.8. The molecule has 2 aromatic carbocycles. The summed E-state index contributed by atoms with van der Waals surface area (Å²) in [5, 5.41) is 2.80. The van der Waals surface area contributed by atoms with E-state index in [1.165, 1.54) is 0 Å². The first kappa shape index (κ1) is 15.2. The van der Waals surface area contributed by atoms with Crippen LogP contribution >= 0.6 is 0 Å². The highest BCUT2D eigenvalue weighted by molar-refractivity contribution is 5.77. The van der Waals surface area contributed by atoms with Crippen LogP contribution in [0.3, 0.4) is 0 Å². The number of benzene rings is 2. The number of aryl methyl sites for hydroxylation is 1. The lowest BCUT2D eigenvalue weighted by Crippen LogP contribution is -2.42. The molecule has 0 saturated heterocycles. The highest BCUT2D eigenvalue weighted by Crippen LogP contribution is 2.30. The van der Waals surface area contributed by atoms with E-state index in [9.17, 15) is 4.79 Å². The second-order valence-corrected chi connectivity index (χ2v) is 5.36. The fourth-order valence-corrected chi connectivity index (χ4v) is 2.30. The molecule has 0 unspecified atom stereocenters. The van der Waals surface area contributed by atoms with Crippen molar-refractivity contribution in [2.24, 2.45) is 0 Å². The topological polar surface area (TPSA) is 56.8 Å². The molecule has 3 rings (SSSR count). The van der Waals surface area contributed by atoms with Crippen LogP contribution in [-0.2, 0) is 4.79 Å². The SMILES string of the molecule is Cc1ccccc1OCC(=O)NC[C@@H]1COc2ccccc2O1. The molecule has 1 atom stereocenters. The quantitative estimate of drug-likeness (QED) is 0.920. The Morgan fingerprint density at radius 3 is 2.74 bits per heavy atom. The summed E-state index contributed by atoms with van der Waals surface area (Å²) < 4.78 is 16.9. The second kappa shape index (κ2) is 7.05. The van der Waals surface area contributed by atoms with Gasteiger partial charge in [0.25, 0.3) is 5.91 Å². The molecule has 1 heterocycles. The van der Waals surface area contributed by atoms with E-state index in [0.29, 0.717) is 24.7 Å². The third kappa shape index (κ3) is 3.94. The maximum Gasteiger partial charge on any atom is 0.258 e. The van der Waals surface area contributed by atoms with Crippen LogP contribution in [0.2, 0.25) is 0 Å². The molecule has 5 nitrogen and oxygen atoms in total. The minimum Gasteiger partial charge on any atom is -0.486 e. The predicted octanol–water partition coefficient (Wildman–Crippen LogP) is 2.33. The highest BCUT2D eigenvalue weighted by atomic mass is 16.6. The number of hydrogen-bond donors (Lipinski definition) is 1. The summed E-state index contributed by atoms with van der Waals surface area (Å²) >= 11 is 0. The van der Waals surface area contributed by atoms with Gasteiger partial charge in [0.05, 0.1) is 6.54 Å². The largest absolute Gasteiger partial charge is 0.486 e. The van der Waals surface area contributed by atoms with Crippen LogP contribution < -0.4 is 19.5 Å². The van der Waals surface area contributed by atoms with Crippen LogP contribution in [0, 0.1) is 6.92 Å². The summed E-state index contributed by atoms with van der Waals surface area (Å²) in [5.41, 5.74) is 1.00. The Balaban J connectivity index is 1.44. The fraction of sp³-hybridized carbons (Fsp3) is 0.278. The summed E-state index contributed by atoms with van der Waals surface area (Å²) in [4.78, 5) is 11.9. The van der Waals surface area contributed by atoms with E-state index in [-0.39, 0.29) is 18.6 Å². The van der Waals surface area contributed by atoms with Crippen molar-refractivity contribution in [1.82, 2.24) is 5.32 Å². The lowest BCUT2D eigenvalue weighted by molar-refractivity contribution is -0.123. The highest BCUT2D eigenvalue weighted by Gasteiger charge is 2.21. The molecule has 0 radical (unpaired) electrons. The Morgan fingerprint density at radius 1 is 1.17 bits per heavy atom. The first-order valence-electron chi connectivity index (χ1n) is 7.56. The molecule has 0 spiro atoms. The van der Waals surface area contributed by atoms with Crippen LogP contribution in [0.4, 0.5) is 0 Å². The summed E-state index contributed by atoms with van der Waals surface area (Å²) in [5.74, 6) is 1.97. The minimum absolute atomic E-state index is 0.0188. The van der Waals surface area contributed by atoms with Gasteiger partial charge in [0, 0.05) is 0 Å². The van der Waals surface area contributed by atoms with Gasteiger partial charge >= 0.3 is 0 Å². The molecular weight excluding hydrogens is 294 g/mol. The monoisotopic (exact) mass is 313 g/mol. The zero-order valence-corrected chi connectivity index (χ0v) is 13.0. The van der Waals surface area contributed by atoms with E-state index in [1.807, 2.05) is 55.5 Å². The van der Waals surface area contributed by atoms with Crippen molar-refractivity contribution in [1.29, 1.82) is 0 Å². The molecule has 1 N–H and O–H groups in total. The van der Waals surface area contributed by atoms with E-state index >= 15 is 0 Å². The van der Waals surface area contributed by atoms with Gasteiger partial charge in [-0.1, -0.05) is 30.3 Å². The van der Waals surface area contributed by atoms with Crippen molar-refractivity contribution in [3.05, 3.63) is 54.1 Å². The van der Waals surface area contributed by atoms with Crippen LogP contribution in [0.5, 0.6) is 17.2 Å². The van der Waals surface area contributed by atoms with Crippen LogP contribution in [0.1, 0.15) is 5.56 Å². The van der Waals surface area contributed by atoms with Crippen molar-refractivity contribution >= 4 is 5.91 Å². The zero-order chi connectivity index (χ0) is 16.1. The van der Waals surface area contributed by atoms with E-state index in [2.05, 4.69) is 5.32 Å². The molecule has 23 heavy (non-hydrogen) atoms. The van der Waals surface area contributed by atoms with Gasteiger partial charge in [-0.15, -0.1) is 0 Å². The van der Waals surface area contributed by atoms with Crippen LogP contribution in [-0.4, -0.2) is 31.8 Å². The molecule has 5 heteroatoms. The fourth-order valence-electron chi connectivity index (χ4n) is 2.30. The van der Waals surface area contributed by atoms with Crippen molar-refractivity contribution in [3.8, 4) is 17.2 Å². The van der Waals surface area contributed by atoms with Gasteiger partial charge < -0.3 is 19.5 Å². The Bertz CT molecular complexity index is 686. The zero-order valence-electron chi connectivity index (χ0n) is 13.0. The molecule has 2 aromatic rings. The number of hydrogen-bond acceptors (Lipinski definition) is 4. The van der Waals surface area contributed by atoms with E-state index in [0.717, 1.165) is 11.3 Å².